The summed E-state index contributed by atoms with van der Waals surface area (Å²) in [6.07, 6.45) is 0. The summed E-state index contributed by atoms with van der Waals surface area (Å²) < 4.78 is 22.9. The van der Waals surface area contributed by atoms with Crippen LogP contribution in [0.2, 0.25) is 0 Å². The molecule has 0 spiro atoms. The van der Waals surface area contributed by atoms with Crippen LogP contribution in [-0.2, 0) is 0 Å². The highest BCUT2D eigenvalue weighted by Gasteiger charge is 2.24. The molecule has 0 N–H and O–H groups in total. The van der Waals surface area contributed by atoms with Crippen LogP contribution in [0.25, 0.3) is 54.6 Å². The highest BCUT2D eigenvalue weighted by atomic mass is 16.5. The molecular weight excluding hydrogens is 512 g/mol. The molecule has 6 aromatic rings. The predicted octanol–water partition coefficient (Wildman–Crippen LogP) is 8.72. The predicted molar refractivity (Wildman–Crippen MR) is 166 cm³/mol. The van der Waals surface area contributed by atoms with Gasteiger partial charge in [0.1, 0.15) is 0 Å². The van der Waals surface area contributed by atoms with E-state index >= 15 is 0 Å². The van der Waals surface area contributed by atoms with Crippen LogP contribution >= 0.6 is 0 Å². The van der Waals surface area contributed by atoms with Gasteiger partial charge in [-0.2, -0.15) is 0 Å². The smallest absolute Gasteiger partial charge is 0.161 e. The molecule has 0 aliphatic heterocycles. The van der Waals surface area contributed by atoms with Crippen LogP contribution in [0.3, 0.4) is 0 Å². The zero-order valence-electron chi connectivity index (χ0n) is 23.7. The maximum Gasteiger partial charge on any atom is 0.161 e. The van der Waals surface area contributed by atoms with Gasteiger partial charge in [0, 0.05) is 5.56 Å². The molecule has 0 heterocycles. The molecule has 0 amide bonds. The van der Waals surface area contributed by atoms with E-state index in [-0.39, 0.29) is 5.78 Å². The van der Waals surface area contributed by atoms with Gasteiger partial charge < -0.3 is 18.9 Å². The van der Waals surface area contributed by atoms with Crippen LogP contribution in [0.1, 0.15) is 17.3 Å². The summed E-state index contributed by atoms with van der Waals surface area (Å²) in [5.74, 6) is 2.37. The van der Waals surface area contributed by atoms with Crippen molar-refractivity contribution in [3.63, 3.8) is 0 Å². The number of methoxy groups -OCH3 is 4. The minimum atomic E-state index is -0.0364. The summed E-state index contributed by atoms with van der Waals surface area (Å²) in [7, 11) is 6.51. The van der Waals surface area contributed by atoms with Crippen LogP contribution in [-0.4, -0.2) is 34.2 Å². The first-order chi connectivity index (χ1) is 20.0. The Labute approximate surface area is 238 Å². The van der Waals surface area contributed by atoms with Gasteiger partial charge >= 0.3 is 0 Å². The maximum atomic E-state index is 13.6. The normalized spacial score (nSPS) is 11.1. The third-order valence-corrected chi connectivity index (χ3v) is 7.72. The highest BCUT2D eigenvalue weighted by Crippen LogP contribution is 2.49. The summed E-state index contributed by atoms with van der Waals surface area (Å²) in [5, 5.41) is 5.46. The lowest BCUT2D eigenvalue weighted by atomic mass is 9.82. The van der Waals surface area contributed by atoms with Gasteiger partial charge in [0.15, 0.2) is 28.8 Å². The van der Waals surface area contributed by atoms with Crippen molar-refractivity contribution in [2.75, 3.05) is 28.4 Å². The number of rotatable bonds is 7. The van der Waals surface area contributed by atoms with E-state index in [2.05, 4.69) is 30.3 Å². The third-order valence-electron chi connectivity index (χ3n) is 7.72. The summed E-state index contributed by atoms with van der Waals surface area (Å²) in [4.78, 5) is 13.6. The van der Waals surface area contributed by atoms with E-state index in [9.17, 15) is 4.79 Å². The van der Waals surface area contributed by atoms with Gasteiger partial charge in [0.05, 0.1) is 28.4 Å². The Balaban J connectivity index is 1.97. The zero-order valence-corrected chi connectivity index (χ0v) is 23.7. The van der Waals surface area contributed by atoms with Gasteiger partial charge in [-0.15, -0.1) is 0 Å². The first-order valence-corrected chi connectivity index (χ1v) is 13.4. The Morgan fingerprint density at radius 2 is 0.976 bits per heavy atom. The van der Waals surface area contributed by atoms with Crippen LogP contribution in [0.15, 0.2) is 91.0 Å². The molecule has 0 fully saturated rings. The summed E-state index contributed by atoms with van der Waals surface area (Å²) in [5.41, 5.74) is 4.68. The Morgan fingerprint density at radius 1 is 0.512 bits per heavy atom. The third kappa shape index (κ3) is 4.21. The van der Waals surface area contributed by atoms with Crippen molar-refractivity contribution in [1.82, 2.24) is 0 Å². The van der Waals surface area contributed by atoms with Crippen molar-refractivity contribution >= 4 is 38.1 Å². The van der Waals surface area contributed by atoms with E-state index in [1.807, 2.05) is 60.7 Å². The molecule has 0 atom stereocenters. The van der Waals surface area contributed by atoms with E-state index in [4.69, 9.17) is 18.9 Å². The SMILES string of the molecule is COc1cc2c(C(C)=O)c3cc(-c4ccccc4)c4cc(OC)c(OC)cc4c3c(-c3ccccc3)c2cc1OC. The van der Waals surface area contributed by atoms with Crippen LogP contribution in [0, 0.1) is 0 Å². The molecule has 41 heavy (non-hydrogen) atoms. The number of fused-ring (bicyclic) bond motifs is 4. The number of ketones is 1. The molecule has 5 nitrogen and oxygen atoms in total. The van der Waals surface area contributed by atoms with E-state index in [0.29, 0.717) is 28.6 Å². The molecular formula is C36H30O5. The van der Waals surface area contributed by atoms with Crippen molar-refractivity contribution in [2.45, 2.75) is 6.92 Å². The lowest BCUT2D eigenvalue weighted by Gasteiger charge is -2.22. The molecule has 0 aliphatic rings. The number of hydrogen-bond acceptors (Lipinski definition) is 5. The van der Waals surface area contributed by atoms with Gasteiger partial charge in [0.25, 0.3) is 0 Å². The van der Waals surface area contributed by atoms with E-state index in [1.165, 1.54) is 0 Å². The largest absolute Gasteiger partial charge is 0.493 e. The summed E-state index contributed by atoms with van der Waals surface area (Å²) in [6, 6.07) is 30.5. The molecule has 0 saturated heterocycles. The fourth-order valence-electron chi connectivity index (χ4n) is 5.93. The van der Waals surface area contributed by atoms with Gasteiger partial charge in [0.2, 0.25) is 0 Å². The van der Waals surface area contributed by atoms with Crippen LogP contribution in [0.4, 0.5) is 0 Å². The molecule has 204 valence electrons. The number of Topliss-reactive ketones (excluding diaryl/α,β-unsaturated/α-hetero) is 1. The van der Waals surface area contributed by atoms with Crippen LogP contribution < -0.4 is 18.9 Å². The van der Waals surface area contributed by atoms with Gasteiger partial charge in [-0.1, -0.05) is 60.7 Å². The second-order valence-corrected chi connectivity index (χ2v) is 9.89. The molecule has 0 saturated carbocycles. The second kappa shape index (κ2) is 10.5. The molecule has 0 bridgehead atoms. The maximum absolute atomic E-state index is 13.6. The zero-order chi connectivity index (χ0) is 28.7. The second-order valence-electron chi connectivity index (χ2n) is 9.89. The van der Waals surface area contributed by atoms with E-state index in [0.717, 1.165) is 54.6 Å². The average molecular weight is 543 g/mol. The molecule has 0 aliphatic carbocycles. The first-order valence-electron chi connectivity index (χ1n) is 13.4. The Hall–Kier alpha value is -5.03. The fraction of sp³-hybridized carbons (Fsp3) is 0.139. The quantitative estimate of drug-likeness (QED) is 0.115. The van der Waals surface area contributed by atoms with Crippen molar-refractivity contribution in [3.8, 4) is 45.3 Å². The van der Waals surface area contributed by atoms with Crippen molar-refractivity contribution in [2.24, 2.45) is 0 Å². The number of carbonyl (C=O) groups is 1. The molecule has 5 heteroatoms. The van der Waals surface area contributed by atoms with Crippen LogP contribution in [0.5, 0.6) is 23.0 Å². The number of ether oxygens (including phenoxy) is 4. The molecule has 0 unspecified atom stereocenters. The lowest BCUT2D eigenvalue weighted by molar-refractivity contribution is 0.102. The fourth-order valence-corrected chi connectivity index (χ4v) is 5.93. The van der Waals surface area contributed by atoms with E-state index < -0.39 is 0 Å². The Morgan fingerprint density at radius 3 is 1.49 bits per heavy atom. The number of benzene rings is 6. The Bertz CT molecular complexity index is 1940. The monoisotopic (exact) mass is 542 g/mol. The molecule has 0 aromatic heterocycles. The minimum Gasteiger partial charge on any atom is -0.493 e. The topological polar surface area (TPSA) is 54.0 Å². The summed E-state index contributed by atoms with van der Waals surface area (Å²) in [6.45, 7) is 1.62. The Kier molecular flexibility index (Phi) is 6.72. The average Bonchev–Trinajstić information content (AvgIpc) is 3.02. The number of hydrogen-bond donors (Lipinski definition) is 0. The van der Waals surface area contributed by atoms with Gasteiger partial charge in [-0.25, -0.2) is 0 Å². The lowest BCUT2D eigenvalue weighted by Crippen LogP contribution is -2.02. The highest BCUT2D eigenvalue weighted by molar-refractivity contribution is 6.31. The minimum absolute atomic E-state index is 0.0364. The van der Waals surface area contributed by atoms with Gasteiger partial charge in [-0.05, 0) is 91.8 Å². The summed E-state index contributed by atoms with van der Waals surface area (Å²) >= 11 is 0. The van der Waals surface area contributed by atoms with Gasteiger partial charge in [-0.3, -0.25) is 4.79 Å². The molecule has 0 radical (unpaired) electrons. The van der Waals surface area contributed by atoms with E-state index in [1.54, 1.807) is 35.4 Å². The van der Waals surface area contributed by atoms with Crippen molar-refractivity contribution in [3.05, 3.63) is 96.6 Å². The molecule has 6 rings (SSSR count). The first kappa shape index (κ1) is 26.2. The standard InChI is InChI=1S/C36H30O5/c1-21(37)34-27-19-32(40-4)33(41-5)20-28(27)35(23-14-10-7-11-15-23)36-26-18-31(39-3)30(38-2)17-25(26)24(16-29(34)36)22-12-8-6-9-13-22/h6-20H,1-5H3. The van der Waals surface area contributed by atoms with Crippen molar-refractivity contribution < 1.29 is 23.7 Å². The number of carbonyl (C=O) groups excluding carboxylic acids is 1. The van der Waals surface area contributed by atoms with Crippen molar-refractivity contribution in [1.29, 1.82) is 0 Å². The molecule has 6 aromatic carbocycles.